The SMILES string of the molecule is Cl.Cn1c2c(c3ccc(-n4ccc(OCc5ccc(F)cn5)cc4=O)nc31)C1CCCN1CC2. The van der Waals surface area contributed by atoms with Crippen LogP contribution < -0.4 is 10.3 Å². The molecule has 1 fully saturated rings. The van der Waals surface area contributed by atoms with Gasteiger partial charge in [-0.3, -0.25) is 19.2 Å². The number of nitrogens with zero attached hydrogens (tertiary/aromatic N) is 5. The molecule has 7 nitrogen and oxygen atoms in total. The van der Waals surface area contributed by atoms with Crippen LogP contribution >= 0.6 is 12.4 Å². The van der Waals surface area contributed by atoms with Gasteiger partial charge in [-0.15, -0.1) is 12.4 Å². The predicted molar refractivity (Wildman–Crippen MR) is 129 cm³/mol. The highest BCUT2D eigenvalue weighted by atomic mass is 35.5. The zero-order valence-electron chi connectivity index (χ0n) is 18.8. The summed E-state index contributed by atoms with van der Waals surface area (Å²) in [6, 6.07) is 10.6. The summed E-state index contributed by atoms with van der Waals surface area (Å²) in [4.78, 5) is 24.3. The van der Waals surface area contributed by atoms with Crippen LogP contribution in [0.15, 0.2) is 53.6 Å². The molecule has 1 saturated heterocycles. The Balaban J connectivity index is 0.00000241. The molecule has 0 N–H and O–H groups in total. The Morgan fingerprint density at radius 1 is 1.18 bits per heavy atom. The zero-order valence-corrected chi connectivity index (χ0v) is 19.6. The Morgan fingerprint density at radius 2 is 2.06 bits per heavy atom. The first-order valence-electron chi connectivity index (χ1n) is 11.3. The molecule has 9 heteroatoms. The molecule has 2 aliphatic rings. The van der Waals surface area contributed by atoms with Gasteiger partial charge in [-0.1, -0.05) is 0 Å². The van der Waals surface area contributed by atoms with Gasteiger partial charge in [0.25, 0.3) is 5.56 Å². The van der Waals surface area contributed by atoms with E-state index >= 15 is 0 Å². The number of pyridine rings is 3. The molecule has 0 radical (unpaired) electrons. The number of halogens is 2. The minimum absolute atomic E-state index is 0. The second kappa shape index (κ2) is 8.85. The summed E-state index contributed by atoms with van der Waals surface area (Å²) in [5, 5.41) is 1.19. The fraction of sp³-hybridized carbons (Fsp3) is 0.320. The van der Waals surface area contributed by atoms with Gasteiger partial charge in [-0.25, -0.2) is 9.37 Å². The summed E-state index contributed by atoms with van der Waals surface area (Å²) in [7, 11) is 2.08. The van der Waals surface area contributed by atoms with Crippen LogP contribution in [-0.4, -0.2) is 37.1 Å². The van der Waals surface area contributed by atoms with Crippen LogP contribution in [0.25, 0.3) is 16.9 Å². The lowest BCUT2D eigenvalue weighted by molar-refractivity contribution is 0.242. The second-order valence-corrected chi connectivity index (χ2v) is 8.73. The summed E-state index contributed by atoms with van der Waals surface area (Å²) in [5.41, 5.74) is 4.05. The van der Waals surface area contributed by atoms with Crippen LogP contribution in [0.2, 0.25) is 0 Å². The first-order chi connectivity index (χ1) is 16.1. The number of aryl methyl sites for hydroxylation is 1. The molecule has 0 aliphatic carbocycles. The minimum atomic E-state index is -0.398. The maximum atomic E-state index is 13.0. The Hall–Kier alpha value is -3.23. The molecule has 1 unspecified atom stereocenters. The first-order valence-corrected chi connectivity index (χ1v) is 11.3. The number of hydrogen-bond donors (Lipinski definition) is 0. The third-order valence-electron chi connectivity index (χ3n) is 6.83. The Labute approximate surface area is 202 Å². The summed E-state index contributed by atoms with van der Waals surface area (Å²) in [6.07, 6.45) is 6.29. The largest absolute Gasteiger partial charge is 0.487 e. The van der Waals surface area contributed by atoms with E-state index in [2.05, 4.69) is 27.6 Å². The average molecular weight is 482 g/mol. The van der Waals surface area contributed by atoms with E-state index in [1.807, 2.05) is 6.07 Å². The van der Waals surface area contributed by atoms with E-state index in [0.29, 0.717) is 23.3 Å². The smallest absolute Gasteiger partial charge is 0.259 e. The fourth-order valence-corrected chi connectivity index (χ4v) is 5.24. The molecule has 6 heterocycles. The van der Waals surface area contributed by atoms with Crippen LogP contribution in [0.5, 0.6) is 5.75 Å². The molecule has 176 valence electrons. The lowest BCUT2D eigenvalue weighted by atomic mass is 9.96. The molecule has 34 heavy (non-hydrogen) atoms. The van der Waals surface area contributed by atoms with E-state index in [9.17, 15) is 9.18 Å². The van der Waals surface area contributed by atoms with Crippen LogP contribution in [0.4, 0.5) is 4.39 Å². The van der Waals surface area contributed by atoms with Gasteiger partial charge in [0, 0.05) is 49.4 Å². The molecule has 4 aromatic heterocycles. The molecule has 0 saturated carbocycles. The third kappa shape index (κ3) is 3.76. The third-order valence-corrected chi connectivity index (χ3v) is 6.83. The molecule has 0 amide bonds. The Morgan fingerprint density at radius 3 is 2.85 bits per heavy atom. The van der Waals surface area contributed by atoms with E-state index in [-0.39, 0.29) is 24.6 Å². The zero-order chi connectivity index (χ0) is 22.5. The first kappa shape index (κ1) is 22.6. The van der Waals surface area contributed by atoms with Gasteiger partial charge in [0.1, 0.15) is 29.6 Å². The van der Waals surface area contributed by atoms with Crippen molar-refractivity contribution in [1.29, 1.82) is 0 Å². The van der Waals surface area contributed by atoms with Crippen LogP contribution in [0.3, 0.4) is 0 Å². The molecule has 0 spiro atoms. The van der Waals surface area contributed by atoms with Gasteiger partial charge in [0.2, 0.25) is 0 Å². The summed E-state index contributed by atoms with van der Waals surface area (Å²) >= 11 is 0. The molecule has 2 aliphatic heterocycles. The maximum absolute atomic E-state index is 13.0. The molecular weight excluding hydrogens is 457 g/mol. The second-order valence-electron chi connectivity index (χ2n) is 8.73. The quantitative estimate of drug-likeness (QED) is 0.441. The van der Waals surface area contributed by atoms with E-state index < -0.39 is 5.82 Å². The van der Waals surface area contributed by atoms with Crippen molar-refractivity contribution in [3.05, 3.63) is 81.9 Å². The maximum Gasteiger partial charge on any atom is 0.259 e. The van der Waals surface area contributed by atoms with Crippen molar-refractivity contribution >= 4 is 23.4 Å². The van der Waals surface area contributed by atoms with E-state index in [1.54, 1.807) is 18.3 Å². The highest BCUT2D eigenvalue weighted by Crippen LogP contribution is 2.42. The number of fused-ring (bicyclic) bond motifs is 5. The number of rotatable bonds is 4. The van der Waals surface area contributed by atoms with Gasteiger partial charge in [0.05, 0.1) is 11.9 Å². The summed E-state index contributed by atoms with van der Waals surface area (Å²) in [6.45, 7) is 2.43. The Bertz CT molecular complexity index is 1420. The van der Waals surface area contributed by atoms with E-state index in [1.165, 1.54) is 52.7 Å². The highest BCUT2D eigenvalue weighted by molar-refractivity contribution is 5.85. The number of ether oxygens (including phenoxy) is 1. The fourth-order valence-electron chi connectivity index (χ4n) is 5.24. The van der Waals surface area contributed by atoms with Crippen molar-refractivity contribution in [3.63, 3.8) is 0 Å². The van der Waals surface area contributed by atoms with Gasteiger partial charge in [0.15, 0.2) is 0 Å². The van der Waals surface area contributed by atoms with Crippen molar-refractivity contribution in [2.75, 3.05) is 13.1 Å². The van der Waals surface area contributed by atoms with Crippen LogP contribution in [0.1, 0.15) is 35.8 Å². The summed E-state index contributed by atoms with van der Waals surface area (Å²) < 4.78 is 22.4. The van der Waals surface area contributed by atoms with E-state index in [4.69, 9.17) is 9.72 Å². The summed E-state index contributed by atoms with van der Waals surface area (Å²) in [5.74, 6) is 0.616. The van der Waals surface area contributed by atoms with Gasteiger partial charge >= 0.3 is 0 Å². The highest BCUT2D eigenvalue weighted by Gasteiger charge is 2.35. The van der Waals surface area contributed by atoms with Crippen LogP contribution in [0, 0.1) is 5.82 Å². The van der Waals surface area contributed by atoms with Crippen molar-refractivity contribution in [2.24, 2.45) is 7.05 Å². The molecule has 4 aromatic rings. The molecule has 1 atom stereocenters. The van der Waals surface area contributed by atoms with Crippen LogP contribution in [-0.2, 0) is 20.1 Å². The lowest BCUT2D eigenvalue weighted by Gasteiger charge is -2.30. The predicted octanol–water partition coefficient (Wildman–Crippen LogP) is 3.95. The topological polar surface area (TPSA) is 65.2 Å². The molecule has 0 aromatic carbocycles. The average Bonchev–Trinajstić information content (AvgIpc) is 3.41. The molecular formula is C25H25ClFN5O2. The van der Waals surface area contributed by atoms with Crippen molar-refractivity contribution in [3.8, 4) is 11.6 Å². The minimum Gasteiger partial charge on any atom is -0.487 e. The van der Waals surface area contributed by atoms with Gasteiger partial charge < -0.3 is 9.30 Å². The number of hydrogen-bond acceptors (Lipinski definition) is 5. The monoisotopic (exact) mass is 481 g/mol. The van der Waals surface area contributed by atoms with Crippen molar-refractivity contribution in [2.45, 2.75) is 31.9 Å². The molecule has 0 bridgehead atoms. The van der Waals surface area contributed by atoms with E-state index in [0.717, 1.165) is 24.8 Å². The van der Waals surface area contributed by atoms with Gasteiger partial charge in [-0.2, -0.15) is 0 Å². The van der Waals surface area contributed by atoms with Crippen molar-refractivity contribution < 1.29 is 9.13 Å². The molecule has 6 rings (SSSR count). The van der Waals surface area contributed by atoms with Gasteiger partial charge in [-0.05, 0) is 55.3 Å². The normalized spacial score (nSPS) is 17.3. The Kier molecular flexibility index (Phi) is 5.87. The number of aromatic nitrogens is 4. The standard InChI is InChI=1S/C25H24FN5O2.ClH/c1-29-20-9-11-30-10-2-3-21(30)24(20)19-6-7-22(28-25(19)29)31-12-8-18(13-23(31)32)33-15-17-5-4-16(26)14-27-17;/h4-8,12-14,21H,2-3,9-11,15H2,1H3;1H. The van der Waals surface area contributed by atoms with Crippen molar-refractivity contribution in [1.82, 2.24) is 24.0 Å². The lowest BCUT2D eigenvalue weighted by Crippen LogP contribution is -2.31.